The van der Waals surface area contributed by atoms with Gasteiger partial charge in [0.25, 0.3) is 0 Å². The fraction of sp³-hybridized carbons (Fsp3) is 0.143. The molecular formula is C21H19ClN4O2S. The maximum Gasteiger partial charge on any atom is 0.239 e. The molecule has 0 aliphatic carbocycles. The molecule has 0 amide bonds. The molecule has 4 aromatic rings. The second-order valence-corrected chi connectivity index (χ2v) is 7.50. The summed E-state index contributed by atoms with van der Waals surface area (Å²) in [5, 5.41) is 9.40. The number of rotatable bonds is 8. The summed E-state index contributed by atoms with van der Waals surface area (Å²) in [5.74, 6) is 3.40. The van der Waals surface area contributed by atoms with Gasteiger partial charge in [0.1, 0.15) is 5.75 Å². The van der Waals surface area contributed by atoms with Crippen molar-refractivity contribution in [3.05, 3.63) is 77.5 Å². The minimum absolute atomic E-state index is 0.598. The number of para-hydroxylation sites is 2. The fourth-order valence-electron chi connectivity index (χ4n) is 2.89. The van der Waals surface area contributed by atoms with Crippen molar-refractivity contribution >= 4 is 29.5 Å². The molecule has 0 spiro atoms. The third-order valence-electron chi connectivity index (χ3n) is 4.30. The number of halogens is 1. The quantitative estimate of drug-likeness (QED) is 0.297. The van der Waals surface area contributed by atoms with E-state index in [9.17, 15) is 0 Å². The van der Waals surface area contributed by atoms with E-state index >= 15 is 0 Å². The lowest BCUT2D eigenvalue weighted by Gasteiger charge is -2.13. The van der Waals surface area contributed by atoms with E-state index in [-0.39, 0.29) is 0 Å². The van der Waals surface area contributed by atoms with Crippen molar-refractivity contribution in [1.29, 1.82) is 0 Å². The second-order valence-electron chi connectivity index (χ2n) is 6.16. The van der Waals surface area contributed by atoms with E-state index in [0.717, 1.165) is 22.9 Å². The lowest BCUT2D eigenvalue weighted by Crippen LogP contribution is -2.05. The standard InChI is InChI=1S/C21H19ClN4O2S/c1-27-18-6-3-2-5-17(18)26-20(19-7-4-13-28-19)23-24-21(26)25-29-14-12-15-8-10-16(22)11-9-15/h2-11,13H,12,14H2,1H3,(H,24,25). The van der Waals surface area contributed by atoms with E-state index in [1.165, 1.54) is 5.56 Å². The molecule has 2 aromatic carbocycles. The van der Waals surface area contributed by atoms with Crippen LogP contribution in [0.1, 0.15) is 5.56 Å². The molecule has 0 fully saturated rings. The van der Waals surface area contributed by atoms with Crippen LogP contribution in [0.15, 0.2) is 71.3 Å². The van der Waals surface area contributed by atoms with Gasteiger partial charge in [0.15, 0.2) is 5.76 Å². The topological polar surface area (TPSA) is 65.1 Å². The Hall–Kier alpha value is -2.90. The molecule has 1 N–H and O–H groups in total. The van der Waals surface area contributed by atoms with Gasteiger partial charge in [-0.05, 0) is 60.3 Å². The maximum absolute atomic E-state index is 5.94. The molecule has 6 nitrogen and oxygen atoms in total. The first kappa shape index (κ1) is 19.4. The molecular weight excluding hydrogens is 408 g/mol. The summed E-state index contributed by atoms with van der Waals surface area (Å²) in [6.45, 7) is 0. The van der Waals surface area contributed by atoms with Gasteiger partial charge >= 0.3 is 0 Å². The number of hydrogen-bond acceptors (Lipinski definition) is 6. The van der Waals surface area contributed by atoms with Crippen LogP contribution in [0.5, 0.6) is 5.75 Å². The van der Waals surface area contributed by atoms with Gasteiger partial charge < -0.3 is 9.15 Å². The molecule has 0 bridgehead atoms. The van der Waals surface area contributed by atoms with Crippen molar-refractivity contribution < 1.29 is 9.15 Å². The minimum Gasteiger partial charge on any atom is -0.495 e. The largest absolute Gasteiger partial charge is 0.495 e. The smallest absolute Gasteiger partial charge is 0.239 e. The number of aryl methyl sites for hydroxylation is 1. The molecule has 0 aliphatic rings. The zero-order chi connectivity index (χ0) is 20.1. The number of methoxy groups -OCH3 is 1. The number of furan rings is 1. The minimum atomic E-state index is 0.598. The van der Waals surface area contributed by atoms with Crippen molar-refractivity contribution in [2.75, 3.05) is 17.6 Å². The van der Waals surface area contributed by atoms with Crippen LogP contribution in [0.3, 0.4) is 0 Å². The number of nitrogens with zero attached hydrogens (tertiary/aromatic N) is 3. The highest BCUT2D eigenvalue weighted by Gasteiger charge is 2.20. The van der Waals surface area contributed by atoms with Gasteiger partial charge in [0.05, 0.1) is 19.1 Å². The number of ether oxygens (including phenoxy) is 1. The van der Waals surface area contributed by atoms with Crippen molar-refractivity contribution in [1.82, 2.24) is 14.8 Å². The molecule has 0 radical (unpaired) electrons. The number of benzene rings is 2. The Bertz CT molecular complexity index is 1060. The highest BCUT2D eigenvalue weighted by molar-refractivity contribution is 8.00. The molecule has 0 saturated heterocycles. The van der Waals surface area contributed by atoms with Crippen LogP contribution in [0.25, 0.3) is 17.3 Å². The number of hydrogen-bond donors (Lipinski definition) is 1. The average molecular weight is 427 g/mol. The van der Waals surface area contributed by atoms with E-state index < -0.39 is 0 Å². The molecule has 8 heteroatoms. The zero-order valence-electron chi connectivity index (χ0n) is 15.7. The van der Waals surface area contributed by atoms with E-state index in [1.54, 1.807) is 25.3 Å². The SMILES string of the molecule is COc1ccccc1-n1c(NSCCc2ccc(Cl)cc2)nnc1-c1ccco1. The summed E-state index contributed by atoms with van der Waals surface area (Å²) >= 11 is 7.51. The molecule has 0 unspecified atom stereocenters. The van der Waals surface area contributed by atoms with E-state index in [4.69, 9.17) is 20.8 Å². The molecule has 29 heavy (non-hydrogen) atoms. The number of anilines is 1. The summed E-state index contributed by atoms with van der Waals surface area (Å²) in [4.78, 5) is 0. The van der Waals surface area contributed by atoms with Gasteiger partial charge in [-0.25, -0.2) is 0 Å². The monoisotopic (exact) mass is 426 g/mol. The Morgan fingerprint density at radius 2 is 1.90 bits per heavy atom. The maximum atomic E-state index is 5.94. The summed E-state index contributed by atoms with van der Waals surface area (Å²) in [6, 6.07) is 19.3. The Morgan fingerprint density at radius 1 is 1.07 bits per heavy atom. The highest BCUT2D eigenvalue weighted by Crippen LogP contribution is 2.31. The predicted molar refractivity (Wildman–Crippen MR) is 117 cm³/mol. The van der Waals surface area contributed by atoms with Crippen LogP contribution < -0.4 is 9.46 Å². The fourth-order valence-corrected chi connectivity index (χ4v) is 3.72. The van der Waals surface area contributed by atoms with Crippen LogP contribution in [-0.4, -0.2) is 27.6 Å². The third-order valence-corrected chi connectivity index (χ3v) is 5.29. The number of aromatic nitrogens is 3. The third kappa shape index (κ3) is 4.41. The van der Waals surface area contributed by atoms with E-state index in [1.807, 2.05) is 65.2 Å². The van der Waals surface area contributed by atoms with Gasteiger partial charge in [-0.1, -0.05) is 35.9 Å². The first-order valence-electron chi connectivity index (χ1n) is 9.01. The van der Waals surface area contributed by atoms with Crippen molar-refractivity contribution in [2.24, 2.45) is 0 Å². The first-order valence-corrected chi connectivity index (χ1v) is 10.4. The lowest BCUT2D eigenvalue weighted by atomic mass is 10.2. The summed E-state index contributed by atoms with van der Waals surface area (Å²) in [5.41, 5.74) is 2.05. The number of nitrogens with one attached hydrogen (secondary N) is 1. The van der Waals surface area contributed by atoms with Crippen molar-refractivity contribution in [3.8, 4) is 23.0 Å². The molecule has 0 atom stereocenters. The average Bonchev–Trinajstić information content (AvgIpc) is 3.42. The van der Waals surface area contributed by atoms with Gasteiger partial charge in [-0.2, -0.15) is 0 Å². The molecule has 0 aliphatic heterocycles. The molecule has 2 heterocycles. The van der Waals surface area contributed by atoms with Crippen LogP contribution in [-0.2, 0) is 6.42 Å². The van der Waals surface area contributed by atoms with Crippen LogP contribution in [0.2, 0.25) is 5.02 Å². The molecule has 0 saturated carbocycles. The van der Waals surface area contributed by atoms with E-state index in [0.29, 0.717) is 23.3 Å². The van der Waals surface area contributed by atoms with Gasteiger partial charge in [0, 0.05) is 10.8 Å². The summed E-state index contributed by atoms with van der Waals surface area (Å²) in [7, 11) is 1.64. The Morgan fingerprint density at radius 3 is 2.66 bits per heavy atom. The highest BCUT2D eigenvalue weighted by atomic mass is 35.5. The Kier molecular flexibility index (Phi) is 6.07. The van der Waals surface area contributed by atoms with Gasteiger partial charge in [0.2, 0.25) is 11.8 Å². The van der Waals surface area contributed by atoms with Crippen LogP contribution in [0, 0.1) is 0 Å². The predicted octanol–water partition coefficient (Wildman–Crippen LogP) is 5.49. The Labute approximate surface area is 178 Å². The van der Waals surface area contributed by atoms with Gasteiger partial charge in [-0.15, -0.1) is 10.2 Å². The molecule has 4 rings (SSSR count). The van der Waals surface area contributed by atoms with Crippen LogP contribution in [0.4, 0.5) is 5.95 Å². The van der Waals surface area contributed by atoms with Crippen molar-refractivity contribution in [2.45, 2.75) is 6.42 Å². The molecule has 148 valence electrons. The normalized spacial score (nSPS) is 10.8. The summed E-state index contributed by atoms with van der Waals surface area (Å²) < 4.78 is 16.3. The summed E-state index contributed by atoms with van der Waals surface area (Å²) in [6.07, 6.45) is 2.52. The van der Waals surface area contributed by atoms with Crippen LogP contribution >= 0.6 is 23.5 Å². The zero-order valence-corrected chi connectivity index (χ0v) is 17.3. The van der Waals surface area contributed by atoms with Crippen molar-refractivity contribution in [3.63, 3.8) is 0 Å². The molecule has 2 aromatic heterocycles. The first-order chi connectivity index (χ1) is 14.3. The Balaban J connectivity index is 1.56. The van der Waals surface area contributed by atoms with E-state index in [2.05, 4.69) is 14.9 Å². The van der Waals surface area contributed by atoms with Gasteiger partial charge in [-0.3, -0.25) is 9.29 Å². The lowest BCUT2D eigenvalue weighted by molar-refractivity contribution is 0.413. The second kappa shape index (κ2) is 9.07.